The molecular formula is C17H22N2O. The number of benzene rings is 1. The van der Waals surface area contributed by atoms with Crippen LogP contribution in [0.5, 0.6) is 0 Å². The van der Waals surface area contributed by atoms with Crippen molar-refractivity contribution in [2.45, 2.75) is 38.7 Å². The molecule has 2 aromatic rings. The smallest absolute Gasteiger partial charge is 0.0725 e. The first kappa shape index (κ1) is 13.4. The molecule has 0 amide bonds. The van der Waals surface area contributed by atoms with Gasteiger partial charge in [0.15, 0.2) is 0 Å². The Morgan fingerprint density at radius 2 is 2.05 bits per heavy atom. The molecule has 1 fully saturated rings. The molecule has 3 rings (SSSR count). The summed E-state index contributed by atoms with van der Waals surface area (Å²) < 4.78 is 0. The first-order valence-electron chi connectivity index (χ1n) is 7.52. The topological polar surface area (TPSA) is 45.1 Å². The van der Waals surface area contributed by atoms with Crippen molar-refractivity contribution in [1.82, 2.24) is 4.98 Å². The zero-order valence-corrected chi connectivity index (χ0v) is 12.0. The van der Waals surface area contributed by atoms with Crippen LogP contribution in [0.4, 0.5) is 5.69 Å². The van der Waals surface area contributed by atoms with Gasteiger partial charge in [-0.1, -0.05) is 31.0 Å². The zero-order valence-electron chi connectivity index (χ0n) is 12.0. The molecule has 2 atom stereocenters. The summed E-state index contributed by atoms with van der Waals surface area (Å²) in [6.07, 6.45) is 4.32. The van der Waals surface area contributed by atoms with Crippen molar-refractivity contribution in [1.29, 1.82) is 0 Å². The van der Waals surface area contributed by atoms with E-state index in [2.05, 4.69) is 22.4 Å². The summed E-state index contributed by atoms with van der Waals surface area (Å²) >= 11 is 0. The van der Waals surface area contributed by atoms with Crippen LogP contribution in [0.3, 0.4) is 0 Å². The Bertz CT molecular complexity index is 597. The molecule has 106 valence electrons. The highest BCUT2D eigenvalue weighted by molar-refractivity contribution is 5.91. The quantitative estimate of drug-likeness (QED) is 0.897. The highest BCUT2D eigenvalue weighted by Gasteiger charge is 2.22. The summed E-state index contributed by atoms with van der Waals surface area (Å²) in [5.74, 6) is 0.371. The van der Waals surface area contributed by atoms with Gasteiger partial charge in [0.1, 0.15) is 0 Å². The van der Waals surface area contributed by atoms with Gasteiger partial charge in [0.25, 0.3) is 0 Å². The monoisotopic (exact) mass is 270 g/mol. The molecule has 0 saturated heterocycles. The summed E-state index contributed by atoms with van der Waals surface area (Å²) in [5.41, 5.74) is 3.18. The van der Waals surface area contributed by atoms with E-state index in [0.717, 1.165) is 48.1 Å². The molecule has 3 nitrogen and oxygen atoms in total. The third kappa shape index (κ3) is 2.78. The molecule has 0 aliphatic heterocycles. The van der Waals surface area contributed by atoms with Gasteiger partial charge in [-0.3, -0.25) is 4.98 Å². The Labute approximate surface area is 120 Å². The molecule has 3 heteroatoms. The van der Waals surface area contributed by atoms with Crippen LogP contribution < -0.4 is 5.32 Å². The Morgan fingerprint density at radius 1 is 1.25 bits per heavy atom. The van der Waals surface area contributed by atoms with E-state index in [1.165, 1.54) is 6.42 Å². The summed E-state index contributed by atoms with van der Waals surface area (Å²) in [6.45, 7) is 2.86. The fourth-order valence-electron chi connectivity index (χ4n) is 3.12. The molecule has 1 aliphatic rings. The summed E-state index contributed by atoms with van der Waals surface area (Å²) in [7, 11) is 0. The number of hydrogen-bond acceptors (Lipinski definition) is 3. The first-order chi connectivity index (χ1) is 9.74. The van der Waals surface area contributed by atoms with E-state index in [1.54, 1.807) is 0 Å². The molecule has 1 aromatic carbocycles. The van der Waals surface area contributed by atoms with Crippen LogP contribution in [-0.4, -0.2) is 22.7 Å². The number of aliphatic hydroxyl groups excluding tert-OH is 1. The largest absolute Gasteiger partial charge is 0.393 e. The number of fused-ring (bicyclic) bond motifs is 1. The minimum absolute atomic E-state index is 0.148. The van der Waals surface area contributed by atoms with Gasteiger partial charge in [0, 0.05) is 29.2 Å². The second-order valence-electron chi connectivity index (χ2n) is 5.82. The van der Waals surface area contributed by atoms with E-state index in [9.17, 15) is 5.11 Å². The van der Waals surface area contributed by atoms with E-state index in [1.807, 2.05) is 25.1 Å². The Kier molecular flexibility index (Phi) is 3.88. The van der Waals surface area contributed by atoms with Crippen LogP contribution in [0.15, 0.2) is 30.3 Å². The van der Waals surface area contributed by atoms with Crippen molar-refractivity contribution in [3.8, 4) is 0 Å². The lowest BCUT2D eigenvalue weighted by atomic mass is 9.86. The number of aromatic nitrogens is 1. The van der Waals surface area contributed by atoms with E-state index in [0.29, 0.717) is 5.92 Å². The minimum atomic E-state index is -0.148. The van der Waals surface area contributed by atoms with Gasteiger partial charge in [0.05, 0.1) is 11.6 Å². The van der Waals surface area contributed by atoms with Crippen LogP contribution in [0.2, 0.25) is 0 Å². The van der Waals surface area contributed by atoms with Gasteiger partial charge in [-0.05, 0) is 31.9 Å². The SMILES string of the molecule is Cc1cc(NCC2CCCCC2O)c2ccccc2n1. The number of nitrogens with one attached hydrogen (secondary N) is 1. The third-order valence-corrected chi connectivity index (χ3v) is 4.27. The molecule has 2 unspecified atom stereocenters. The van der Waals surface area contributed by atoms with Crippen molar-refractivity contribution < 1.29 is 5.11 Å². The van der Waals surface area contributed by atoms with E-state index < -0.39 is 0 Å². The highest BCUT2D eigenvalue weighted by Crippen LogP contribution is 2.27. The third-order valence-electron chi connectivity index (χ3n) is 4.27. The van der Waals surface area contributed by atoms with Crippen LogP contribution in [0.25, 0.3) is 10.9 Å². The summed E-state index contributed by atoms with van der Waals surface area (Å²) in [4.78, 5) is 4.56. The number of aryl methyl sites for hydroxylation is 1. The van der Waals surface area contributed by atoms with Crippen molar-refractivity contribution in [3.05, 3.63) is 36.0 Å². The van der Waals surface area contributed by atoms with Crippen molar-refractivity contribution >= 4 is 16.6 Å². The fourth-order valence-corrected chi connectivity index (χ4v) is 3.12. The van der Waals surface area contributed by atoms with E-state index in [4.69, 9.17) is 0 Å². The zero-order chi connectivity index (χ0) is 13.9. The van der Waals surface area contributed by atoms with Crippen LogP contribution in [-0.2, 0) is 0 Å². The molecule has 20 heavy (non-hydrogen) atoms. The lowest BCUT2D eigenvalue weighted by Crippen LogP contribution is -2.30. The van der Waals surface area contributed by atoms with Gasteiger partial charge in [-0.25, -0.2) is 0 Å². The molecular weight excluding hydrogens is 248 g/mol. The number of hydrogen-bond donors (Lipinski definition) is 2. The van der Waals surface area contributed by atoms with Crippen LogP contribution in [0, 0.1) is 12.8 Å². The van der Waals surface area contributed by atoms with Crippen molar-refractivity contribution in [2.75, 3.05) is 11.9 Å². The van der Waals surface area contributed by atoms with E-state index >= 15 is 0 Å². The average molecular weight is 270 g/mol. The summed E-state index contributed by atoms with van der Waals surface area (Å²) in [5, 5.41) is 14.7. The van der Waals surface area contributed by atoms with Crippen molar-refractivity contribution in [3.63, 3.8) is 0 Å². The maximum absolute atomic E-state index is 10.1. The fraction of sp³-hybridized carbons (Fsp3) is 0.471. The number of pyridine rings is 1. The number of nitrogens with zero attached hydrogens (tertiary/aromatic N) is 1. The second-order valence-corrected chi connectivity index (χ2v) is 5.82. The average Bonchev–Trinajstić information content (AvgIpc) is 2.46. The predicted octanol–water partition coefficient (Wildman–Crippen LogP) is 3.51. The molecule has 2 N–H and O–H groups in total. The number of aliphatic hydroxyl groups is 1. The van der Waals surface area contributed by atoms with Gasteiger partial charge >= 0.3 is 0 Å². The van der Waals surface area contributed by atoms with Crippen molar-refractivity contribution in [2.24, 2.45) is 5.92 Å². The second kappa shape index (κ2) is 5.80. The van der Waals surface area contributed by atoms with Gasteiger partial charge in [-0.15, -0.1) is 0 Å². The molecule has 1 aromatic heterocycles. The molecule has 0 spiro atoms. The standard InChI is InChI=1S/C17H22N2O/c1-12-10-16(14-7-3-4-8-15(14)19-12)18-11-13-6-2-5-9-17(13)20/h3-4,7-8,10,13,17,20H,2,5-6,9,11H2,1H3,(H,18,19). The van der Waals surface area contributed by atoms with E-state index in [-0.39, 0.29) is 6.10 Å². The molecule has 1 saturated carbocycles. The molecule has 0 radical (unpaired) electrons. The highest BCUT2D eigenvalue weighted by atomic mass is 16.3. The lowest BCUT2D eigenvalue weighted by Gasteiger charge is -2.28. The number of rotatable bonds is 3. The summed E-state index contributed by atoms with van der Waals surface area (Å²) in [6, 6.07) is 10.3. The Morgan fingerprint density at radius 3 is 2.90 bits per heavy atom. The van der Waals surface area contributed by atoms with Gasteiger partial charge < -0.3 is 10.4 Å². The minimum Gasteiger partial charge on any atom is -0.393 e. The molecule has 0 bridgehead atoms. The number of anilines is 1. The van der Waals surface area contributed by atoms with Gasteiger partial charge in [0.2, 0.25) is 0 Å². The maximum atomic E-state index is 10.1. The van der Waals surface area contributed by atoms with Gasteiger partial charge in [-0.2, -0.15) is 0 Å². The lowest BCUT2D eigenvalue weighted by molar-refractivity contribution is 0.0763. The normalized spacial score (nSPS) is 22.9. The van der Waals surface area contributed by atoms with Crippen LogP contribution in [0.1, 0.15) is 31.4 Å². The predicted molar refractivity (Wildman–Crippen MR) is 82.9 cm³/mol. The van der Waals surface area contributed by atoms with Crippen LogP contribution >= 0.6 is 0 Å². The Hall–Kier alpha value is -1.61. The number of para-hydroxylation sites is 1. The first-order valence-corrected chi connectivity index (χ1v) is 7.52. The molecule has 1 aliphatic carbocycles. The maximum Gasteiger partial charge on any atom is 0.0725 e. The molecule has 1 heterocycles. The Balaban J connectivity index is 1.80.